The molecule has 0 aromatic rings. The lowest BCUT2D eigenvalue weighted by Gasteiger charge is -2.36. The number of amidine groups is 2. The maximum atomic E-state index is 10.3. The largest absolute Gasteiger partial charge is 0.465 e. The normalized spacial score (nSPS) is 41.9. The standard InChI is InChI=1S/C19H31N5O5/c1-10-2-4-11(5-3-10)6-7-28-19-22-16(20)13-17(23-19)24(9-21-13)18-15(27)14(26)12(8-25)29-18/h9-15,17-18,25-27H,2-8H2,1H3,(H2,20,22,23)/t10?,11?,12?,13?,14-,15-,17?,18?/m1/s1. The molecule has 3 heterocycles. The van der Waals surface area contributed by atoms with Gasteiger partial charge in [0.2, 0.25) is 0 Å². The van der Waals surface area contributed by atoms with Crippen LogP contribution in [0.15, 0.2) is 9.98 Å². The van der Waals surface area contributed by atoms with Crippen molar-refractivity contribution in [3.05, 3.63) is 0 Å². The first-order valence-electron chi connectivity index (χ1n) is 10.5. The molecule has 4 unspecified atom stereocenters. The van der Waals surface area contributed by atoms with Gasteiger partial charge >= 0.3 is 0 Å². The smallest absolute Gasteiger partial charge is 0.292 e. The lowest BCUT2D eigenvalue weighted by molar-refractivity contribution is -0.0809. The first kappa shape index (κ1) is 20.5. The molecule has 1 aliphatic carbocycles. The van der Waals surface area contributed by atoms with Gasteiger partial charge in [-0.3, -0.25) is 10.4 Å². The molecule has 0 radical (unpaired) electrons. The Morgan fingerprint density at radius 1 is 1.28 bits per heavy atom. The average molecular weight is 409 g/mol. The van der Waals surface area contributed by atoms with Crippen LogP contribution < -0.4 is 5.32 Å². The van der Waals surface area contributed by atoms with Crippen molar-refractivity contribution in [2.75, 3.05) is 13.2 Å². The highest BCUT2D eigenvalue weighted by molar-refractivity contribution is 6.00. The van der Waals surface area contributed by atoms with Gasteiger partial charge in [-0.05, 0) is 18.3 Å². The molecule has 0 aromatic heterocycles. The van der Waals surface area contributed by atoms with Gasteiger partial charge in [-0.15, -0.1) is 0 Å². The first-order chi connectivity index (χ1) is 14.0. The lowest BCUT2D eigenvalue weighted by Crippen LogP contribution is -2.60. The van der Waals surface area contributed by atoms with Crippen LogP contribution in [0.4, 0.5) is 0 Å². The molecule has 0 spiro atoms. The number of nitrogens with one attached hydrogen (secondary N) is 2. The summed E-state index contributed by atoms with van der Waals surface area (Å²) < 4.78 is 11.4. The Morgan fingerprint density at radius 3 is 2.72 bits per heavy atom. The molecule has 1 saturated carbocycles. The van der Waals surface area contributed by atoms with E-state index in [1.54, 1.807) is 4.90 Å². The topological polar surface area (TPSA) is 143 Å². The summed E-state index contributed by atoms with van der Waals surface area (Å²) in [7, 11) is 0. The van der Waals surface area contributed by atoms with Crippen molar-refractivity contribution in [2.45, 2.75) is 75.8 Å². The molecule has 3 aliphatic heterocycles. The average Bonchev–Trinajstić information content (AvgIpc) is 3.25. The molecule has 2 fully saturated rings. The quantitative estimate of drug-likeness (QED) is 0.417. The molecule has 1 saturated heterocycles. The number of fused-ring (bicyclic) bond motifs is 1. The van der Waals surface area contributed by atoms with Crippen molar-refractivity contribution in [1.82, 2.24) is 10.2 Å². The van der Waals surface area contributed by atoms with Crippen molar-refractivity contribution < 1.29 is 24.8 Å². The van der Waals surface area contributed by atoms with Crippen LogP contribution in [-0.4, -0.2) is 88.4 Å². The Labute approximate surface area is 170 Å². The highest BCUT2D eigenvalue weighted by atomic mass is 16.6. The number of rotatable bonds is 5. The van der Waals surface area contributed by atoms with Crippen LogP contribution in [0, 0.1) is 17.2 Å². The van der Waals surface area contributed by atoms with Gasteiger partial charge in [-0.2, -0.15) is 4.99 Å². The van der Waals surface area contributed by atoms with E-state index >= 15 is 0 Å². The summed E-state index contributed by atoms with van der Waals surface area (Å²) in [5.74, 6) is 1.56. The summed E-state index contributed by atoms with van der Waals surface area (Å²) in [6.45, 7) is 2.44. The van der Waals surface area contributed by atoms with Crippen molar-refractivity contribution >= 4 is 18.2 Å². The maximum absolute atomic E-state index is 10.3. The summed E-state index contributed by atoms with van der Waals surface area (Å²) in [6.07, 6.45) is 2.81. The second-order valence-electron chi connectivity index (χ2n) is 8.54. The molecule has 6 atom stereocenters. The second-order valence-corrected chi connectivity index (χ2v) is 8.54. The van der Waals surface area contributed by atoms with E-state index < -0.39 is 43.4 Å². The molecule has 10 nitrogen and oxygen atoms in total. The summed E-state index contributed by atoms with van der Waals surface area (Å²) in [5, 5.41) is 41.0. The van der Waals surface area contributed by atoms with Gasteiger partial charge in [-0.1, -0.05) is 32.6 Å². The van der Waals surface area contributed by atoms with Crippen LogP contribution in [0.25, 0.3) is 0 Å². The predicted octanol–water partition coefficient (Wildman–Crippen LogP) is -0.367. The number of ether oxygens (including phenoxy) is 2. The lowest BCUT2D eigenvalue weighted by atomic mass is 9.82. The van der Waals surface area contributed by atoms with E-state index in [1.165, 1.54) is 32.0 Å². The molecule has 0 aromatic carbocycles. The monoisotopic (exact) mass is 409 g/mol. The van der Waals surface area contributed by atoms with E-state index in [1.807, 2.05) is 0 Å². The number of aliphatic hydroxyl groups is 3. The maximum Gasteiger partial charge on any atom is 0.292 e. The zero-order chi connectivity index (χ0) is 20.5. The second kappa shape index (κ2) is 8.55. The van der Waals surface area contributed by atoms with Gasteiger partial charge < -0.3 is 35.0 Å². The van der Waals surface area contributed by atoms with Crippen LogP contribution in [0.1, 0.15) is 39.0 Å². The van der Waals surface area contributed by atoms with E-state index in [9.17, 15) is 15.3 Å². The van der Waals surface area contributed by atoms with Crippen molar-refractivity contribution in [3.8, 4) is 0 Å². The minimum Gasteiger partial charge on any atom is -0.465 e. The van der Waals surface area contributed by atoms with Crippen LogP contribution >= 0.6 is 0 Å². The Morgan fingerprint density at radius 2 is 2.03 bits per heavy atom. The Balaban J connectivity index is 1.34. The molecular formula is C19H31N5O5. The van der Waals surface area contributed by atoms with Crippen molar-refractivity contribution in [2.24, 2.45) is 21.8 Å². The van der Waals surface area contributed by atoms with E-state index in [2.05, 4.69) is 22.2 Å². The van der Waals surface area contributed by atoms with E-state index in [-0.39, 0.29) is 11.9 Å². The van der Waals surface area contributed by atoms with Crippen molar-refractivity contribution in [1.29, 1.82) is 5.41 Å². The SMILES string of the molecule is CC1CCC(CCOC2=NC(=N)C3N=CN(C4OC(CO)[C@@H](O)[C@H]4O)C3N2)CC1. The van der Waals surface area contributed by atoms with Crippen LogP contribution in [0.5, 0.6) is 0 Å². The molecule has 4 rings (SSSR count). The minimum atomic E-state index is -1.20. The molecule has 10 heteroatoms. The summed E-state index contributed by atoms with van der Waals surface area (Å²) >= 11 is 0. The summed E-state index contributed by atoms with van der Waals surface area (Å²) in [6, 6.07) is -0.286. The molecule has 4 aliphatic rings. The zero-order valence-electron chi connectivity index (χ0n) is 16.6. The van der Waals surface area contributed by atoms with Gasteiger partial charge in [0, 0.05) is 0 Å². The number of hydrogen-bond donors (Lipinski definition) is 5. The number of nitrogens with zero attached hydrogens (tertiary/aromatic N) is 3. The Kier molecular flexibility index (Phi) is 6.05. The van der Waals surface area contributed by atoms with Gasteiger partial charge in [-0.25, -0.2) is 0 Å². The van der Waals surface area contributed by atoms with Gasteiger partial charge in [0.15, 0.2) is 12.1 Å². The minimum absolute atomic E-state index is 0.0701. The van der Waals surface area contributed by atoms with E-state index in [0.717, 1.165) is 12.3 Å². The van der Waals surface area contributed by atoms with Crippen LogP contribution in [0.3, 0.4) is 0 Å². The van der Waals surface area contributed by atoms with Gasteiger partial charge in [0.1, 0.15) is 30.5 Å². The molecule has 0 bridgehead atoms. The number of aliphatic imine (C=N–C) groups is 2. The molecule has 5 N–H and O–H groups in total. The van der Waals surface area contributed by atoms with Gasteiger partial charge in [0.05, 0.1) is 19.6 Å². The van der Waals surface area contributed by atoms with Crippen LogP contribution in [-0.2, 0) is 9.47 Å². The fourth-order valence-corrected chi connectivity index (χ4v) is 4.54. The summed E-state index contributed by atoms with van der Waals surface area (Å²) in [5.41, 5.74) is 0. The van der Waals surface area contributed by atoms with E-state index in [4.69, 9.17) is 14.9 Å². The van der Waals surface area contributed by atoms with Gasteiger partial charge in [0.25, 0.3) is 6.02 Å². The molecule has 29 heavy (non-hydrogen) atoms. The number of hydrogen-bond acceptors (Lipinski definition) is 9. The third-order valence-electron chi connectivity index (χ3n) is 6.47. The highest BCUT2D eigenvalue weighted by Gasteiger charge is 2.50. The molecule has 0 amide bonds. The summed E-state index contributed by atoms with van der Waals surface area (Å²) in [4.78, 5) is 10.1. The number of aliphatic hydroxyl groups excluding tert-OH is 3. The fourth-order valence-electron chi connectivity index (χ4n) is 4.54. The highest BCUT2D eigenvalue weighted by Crippen LogP contribution is 2.31. The van der Waals surface area contributed by atoms with E-state index in [0.29, 0.717) is 12.5 Å². The predicted molar refractivity (Wildman–Crippen MR) is 106 cm³/mol. The van der Waals surface area contributed by atoms with Crippen LogP contribution in [0.2, 0.25) is 0 Å². The molecule has 162 valence electrons. The first-order valence-corrected chi connectivity index (χ1v) is 10.5. The third kappa shape index (κ3) is 4.11. The third-order valence-corrected chi connectivity index (χ3v) is 6.47. The zero-order valence-corrected chi connectivity index (χ0v) is 16.6. The molecular weight excluding hydrogens is 378 g/mol. The fraction of sp³-hybridized carbons (Fsp3) is 0.842. The Hall–Kier alpha value is -1.75. The van der Waals surface area contributed by atoms with Crippen molar-refractivity contribution in [3.63, 3.8) is 0 Å². The Bertz CT molecular complexity index is 665.